The van der Waals surface area contributed by atoms with Gasteiger partial charge in [-0.25, -0.2) is 4.39 Å². The summed E-state index contributed by atoms with van der Waals surface area (Å²) in [4.78, 5) is 2.37. The summed E-state index contributed by atoms with van der Waals surface area (Å²) in [5.41, 5.74) is 6.79. The number of anilines is 1. The molecule has 0 saturated heterocycles. The monoisotopic (exact) mass is 222 g/mol. The normalized spacial score (nSPS) is 15.7. The number of halogens is 1. The molecule has 1 fully saturated rings. The molecule has 0 heterocycles. The summed E-state index contributed by atoms with van der Waals surface area (Å²) in [5, 5.41) is 0. The standard InChI is InChI=1S/C13H19FN2/c1-2-7-16(12-5-6-12)9-10-3-4-11(15)8-13(10)14/h3-4,8,12H,2,5-7,9,15H2,1H3. The summed E-state index contributed by atoms with van der Waals surface area (Å²) in [6.07, 6.45) is 3.64. The molecule has 2 N–H and O–H groups in total. The van der Waals surface area contributed by atoms with Crippen LogP contribution in [0.3, 0.4) is 0 Å². The van der Waals surface area contributed by atoms with Crippen LogP contribution < -0.4 is 5.73 Å². The summed E-state index contributed by atoms with van der Waals surface area (Å²) in [6, 6.07) is 5.66. The summed E-state index contributed by atoms with van der Waals surface area (Å²) in [7, 11) is 0. The first-order valence-electron chi connectivity index (χ1n) is 5.98. The van der Waals surface area contributed by atoms with E-state index in [-0.39, 0.29) is 5.82 Å². The van der Waals surface area contributed by atoms with Crippen molar-refractivity contribution in [2.75, 3.05) is 12.3 Å². The SMILES string of the molecule is CCCN(Cc1ccc(N)cc1F)C1CC1. The number of nitrogens with zero attached hydrogens (tertiary/aromatic N) is 1. The summed E-state index contributed by atoms with van der Waals surface area (Å²) in [5.74, 6) is -0.179. The average molecular weight is 222 g/mol. The maximum absolute atomic E-state index is 13.6. The molecule has 3 heteroatoms. The molecule has 0 bridgehead atoms. The Morgan fingerprint density at radius 1 is 1.44 bits per heavy atom. The van der Waals surface area contributed by atoms with E-state index in [9.17, 15) is 4.39 Å². The lowest BCUT2D eigenvalue weighted by molar-refractivity contribution is 0.252. The highest BCUT2D eigenvalue weighted by molar-refractivity contribution is 5.40. The zero-order chi connectivity index (χ0) is 11.5. The lowest BCUT2D eigenvalue weighted by atomic mass is 10.1. The van der Waals surface area contributed by atoms with Gasteiger partial charge in [-0.1, -0.05) is 13.0 Å². The summed E-state index contributed by atoms with van der Waals surface area (Å²) < 4.78 is 13.6. The Balaban J connectivity index is 2.05. The van der Waals surface area contributed by atoms with Gasteiger partial charge >= 0.3 is 0 Å². The maximum Gasteiger partial charge on any atom is 0.129 e. The molecule has 2 nitrogen and oxygen atoms in total. The molecular formula is C13H19FN2. The fourth-order valence-electron chi connectivity index (χ4n) is 2.03. The van der Waals surface area contributed by atoms with E-state index in [4.69, 9.17) is 5.73 Å². The first-order chi connectivity index (χ1) is 7.70. The number of hydrogen-bond acceptors (Lipinski definition) is 2. The number of hydrogen-bond donors (Lipinski definition) is 1. The van der Waals surface area contributed by atoms with Crippen molar-refractivity contribution in [1.82, 2.24) is 4.90 Å². The van der Waals surface area contributed by atoms with E-state index < -0.39 is 0 Å². The Bertz CT molecular complexity index is 361. The molecule has 2 rings (SSSR count). The van der Waals surface area contributed by atoms with Crippen LogP contribution in [0.2, 0.25) is 0 Å². The first kappa shape index (κ1) is 11.4. The minimum absolute atomic E-state index is 0.179. The number of benzene rings is 1. The molecular weight excluding hydrogens is 203 g/mol. The molecule has 1 saturated carbocycles. The van der Waals surface area contributed by atoms with Crippen molar-refractivity contribution in [3.05, 3.63) is 29.6 Å². The van der Waals surface area contributed by atoms with E-state index in [2.05, 4.69) is 11.8 Å². The van der Waals surface area contributed by atoms with Crippen molar-refractivity contribution < 1.29 is 4.39 Å². The zero-order valence-corrected chi connectivity index (χ0v) is 9.75. The zero-order valence-electron chi connectivity index (χ0n) is 9.75. The average Bonchev–Trinajstić information content (AvgIpc) is 3.04. The van der Waals surface area contributed by atoms with Crippen LogP contribution in [0.15, 0.2) is 18.2 Å². The fraction of sp³-hybridized carbons (Fsp3) is 0.538. The van der Waals surface area contributed by atoms with Crippen LogP contribution in [0.25, 0.3) is 0 Å². The van der Waals surface area contributed by atoms with Crippen molar-refractivity contribution in [1.29, 1.82) is 0 Å². The van der Waals surface area contributed by atoms with Crippen LogP contribution in [0, 0.1) is 5.82 Å². The Kier molecular flexibility index (Phi) is 3.44. The molecule has 88 valence electrons. The molecule has 0 radical (unpaired) electrons. The van der Waals surface area contributed by atoms with Gasteiger partial charge in [-0.05, 0) is 37.9 Å². The Labute approximate surface area is 96.2 Å². The van der Waals surface area contributed by atoms with Crippen LogP contribution in [0.4, 0.5) is 10.1 Å². The van der Waals surface area contributed by atoms with E-state index in [1.165, 1.54) is 18.9 Å². The van der Waals surface area contributed by atoms with Crippen molar-refractivity contribution in [2.45, 2.75) is 38.8 Å². The number of rotatable bonds is 5. The highest BCUT2D eigenvalue weighted by atomic mass is 19.1. The van der Waals surface area contributed by atoms with E-state index in [0.717, 1.165) is 18.5 Å². The third-order valence-corrected chi connectivity index (χ3v) is 3.02. The smallest absolute Gasteiger partial charge is 0.129 e. The minimum atomic E-state index is -0.179. The molecule has 1 aromatic carbocycles. The molecule has 0 atom stereocenters. The Hall–Kier alpha value is -1.09. The minimum Gasteiger partial charge on any atom is -0.399 e. The van der Waals surface area contributed by atoms with Crippen molar-refractivity contribution in [2.24, 2.45) is 0 Å². The molecule has 1 aliphatic carbocycles. The predicted molar refractivity (Wildman–Crippen MR) is 64.5 cm³/mol. The molecule has 1 aliphatic rings. The van der Waals surface area contributed by atoms with E-state index in [0.29, 0.717) is 18.3 Å². The van der Waals surface area contributed by atoms with Crippen molar-refractivity contribution in [3.63, 3.8) is 0 Å². The maximum atomic E-state index is 13.6. The third kappa shape index (κ3) is 2.73. The second-order valence-electron chi connectivity index (χ2n) is 4.55. The number of nitrogens with two attached hydrogens (primary N) is 1. The van der Waals surface area contributed by atoms with Crippen molar-refractivity contribution >= 4 is 5.69 Å². The molecule has 0 aromatic heterocycles. The molecule has 1 aromatic rings. The van der Waals surface area contributed by atoms with Gasteiger partial charge in [0.05, 0.1) is 0 Å². The topological polar surface area (TPSA) is 29.3 Å². The Morgan fingerprint density at radius 3 is 2.75 bits per heavy atom. The highest BCUT2D eigenvalue weighted by Gasteiger charge is 2.28. The highest BCUT2D eigenvalue weighted by Crippen LogP contribution is 2.29. The second kappa shape index (κ2) is 4.83. The van der Waals surface area contributed by atoms with Crippen LogP contribution >= 0.6 is 0 Å². The summed E-state index contributed by atoms with van der Waals surface area (Å²) in [6.45, 7) is 3.92. The fourth-order valence-corrected chi connectivity index (χ4v) is 2.03. The van der Waals surface area contributed by atoms with Crippen LogP contribution in [-0.2, 0) is 6.54 Å². The molecule has 0 amide bonds. The lowest BCUT2D eigenvalue weighted by Gasteiger charge is -2.21. The molecule has 0 unspecified atom stereocenters. The molecule has 16 heavy (non-hydrogen) atoms. The van der Waals surface area contributed by atoms with Gasteiger partial charge in [0.25, 0.3) is 0 Å². The first-order valence-corrected chi connectivity index (χ1v) is 5.98. The van der Waals surface area contributed by atoms with E-state index in [1.54, 1.807) is 12.1 Å². The van der Waals surface area contributed by atoms with Gasteiger partial charge in [-0.2, -0.15) is 0 Å². The van der Waals surface area contributed by atoms with Crippen molar-refractivity contribution in [3.8, 4) is 0 Å². The summed E-state index contributed by atoms with van der Waals surface area (Å²) >= 11 is 0. The Morgan fingerprint density at radius 2 is 2.19 bits per heavy atom. The predicted octanol–water partition coefficient (Wildman–Crippen LogP) is 2.78. The second-order valence-corrected chi connectivity index (χ2v) is 4.55. The lowest BCUT2D eigenvalue weighted by Crippen LogP contribution is -2.26. The van der Waals surface area contributed by atoms with Crippen LogP contribution in [0.1, 0.15) is 31.7 Å². The van der Waals surface area contributed by atoms with Gasteiger partial charge in [0, 0.05) is 23.8 Å². The van der Waals surface area contributed by atoms with E-state index in [1.807, 2.05) is 0 Å². The van der Waals surface area contributed by atoms with Gasteiger partial charge in [0.2, 0.25) is 0 Å². The largest absolute Gasteiger partial charge is 0.399 e. The van der Waals surface area contributed by atoms with E-state index >= 15 is 0 Å². The molecule has 0 spiro atoms. The number of nitrogen functional groups attached to an aromatic ring is 1. The van der Waals surface area contributed by atoms with Crippen LogP contribution in [-0.4, -0.2) is 17.5 Å². The van der Waals surface area contributed by atoms with Gasteiger partial charge in [0.15, 0.2) is 0 Å². The van der Waals surface area contributed by atoms with Gasteiger partial charge in [-0.3, -0.25) is 4.90 Å². The quantitative estimate of drug-likeness (QED) is 0.776. The van der Waals surface area contributed by atoms with Gasteiger partial charge in [0.1, 0.15) is 5.82 Å². The van der Waals surface area contributed by atoms with Gasteiger partial charge in [-0.15, -0.1) is 0 Å². The molecule has 0 aliphatic heterocycles. The third-order valence-electron chi connectivity index (χ3n) is 3.02. The van der Waals surface area contributed by atoms with Crippen LogP contribution in [0.5, 0.6) is 0 Å². The van der Waals surface area contributed by atoms with Gasteiger partial charge < -0.3 is 5.73 Å².